The molecule has 0 spiro atoms. The number of piperidine rings is 1. The molecule has 0 radical (unpaired) electrons. The summed E-state index contributed by atoms with van der Waals surface area (Å²) in [6, 6.07) is 13.6. The fraction of sp³-hybridized carbons (Fsp3) is 0.409. The van der Waals surface area contributed by atoms with Gasteiger partial charge in [-0.15, -0.1) is 0 Å². The molecule has 1 saturated heterocycles. The Hall–Kier alpha value is -2.04. The average Bonchev–Trinajstić information content (AvgIpc) is 2.67. The Bertz CT molecular complexity index is 824. The smallest absolute Gasteiger partial charge is 0.321 e. The van der Waals surface area contributed by atoms with E-state index in [2.05, 4.69) is 24.4 Å². The third-order valence-corrected chi connectivity index (χ3v) is 5.94. The van der Waals surface area contributed by atoms with Crippen molar-refractivity contribution in [3.05, 3.63) is 64.2 Å². The van der Waals surface area contributed by atoms with Crippen molar-refractivity contribution in [3.63, 3.8) is 0 Å². The van der Waals surface area contributed by atoms with E-state index in [0.717, 1.165) is 24.8 Å². The summed E-state index contributed by atoms with van der Waals surface area (Å²) in [6.07, 6.45) is 2.57. The number of nitrogens with one attached hydrogen (secondary N) is 1. The van der Waals surface area contributed by atoms with Crippen LogP contribution in [0.1, 0.15) is 29.5 Å². The Kier molecular flexibility index (Phi) is 6.08. The molecule has 1 aliphatic heterocycles. The highest BCUT2D eigenvalue weighted by Gasteiger charge is 2.37. The molecule has 0 aliphatic carbocycles. The number of anilines is 1. The fourth-order valence-corrected chi connectivity index (χ4v) is 3.98. The molecule has 3 rings (SSSR count). The number of likely N-dealkylation sites (tertiary alicyclic amines) is 1. The molecule has 0 saturated carbocycles. The van der Waals surface area contributed by atoms with Crippen LogP contribution in [-0.2, 0) is 6.42 Å². The van der Waals surface area contributed by atoms with Crippen LogP contribution in [0.3, 0.4) is 0 Å². The fourth-order valence-electron chi connectivity index (χ4n) is 3.80. The lowest BCUT2D eigenvalue weighted by Crippen LogP contribution is -2.50. The summed E-state index contributed by atoms with van der Waals surface area (Å²) in [4.78, 5) is 14.6. The first-order valence-electron chi connectivity index (χ1n) is 9.40. The average molecular weight is 387 g/mol. The highest BCUT2D eigenvalue weighted by molar-refractivity contribution is 6.31. The van der Waals surface area contributed by atoms with Gasteiger partial charge in [0.2, 0.25) is 0 Å². The molecule has 2 aromatic carbocycles. The molecule has 2 aromatic rings. The van der Waals surface area contributed by atoms with Crippen LogP contribution < -0.4 is 5.32 Å². The molecule has 0 bridgehead atoms. The van der Waals surface area contributed by atoms with Gasteiger partial charge in [0, 0.05) is 29.2 Å². The molecule has 1 aliphatic rings. The molecule has 144 valence electrons. The van der Waals surface area contributed by atoms with Gasteiger partial charge in [0.05, 0.1) is 6.61 Å². The largest absolute Gasteiger partial charge is 0.396 e. The van der Waals surface area contributed by atoms with Crippen LogP contribution in [0.15, 0.2) is 42.5 Å². The van der Waals surface area contributed by atoms with E-state index in [0.29, 0.717) is 23.8 Å². The summed E-state index contributed by atoms with van der Waals surface area (Å²) in [6.45, 7) is 5.33. The van der Waals surface area contributed by atoms with Crippen molar-refractivity contribution in [2.75, 3.05) is 25.0 Å². The summed E-state index contributed by atoms with van der Waals surface area (Å²) in [5.41, 5.74) is 3.83. The molecule has 27 heavy (non-hydrogen) atoms. The second kappa shape index (κ2) is 8.32. The van der Waals surface area contributed by atoms with Crippen LogP contribution in [0.2, 0.25) is 5.02 Å². The predicted molar refractivity (Wildman–Crippen MR) is 110 cm³/mol. The maximum absolute atomic E-state index is 12.8. The lowest BCUT2D eigenvalue weighted by Gasteiger charge is -2.42. The van der Waals surface area contributed by atoms with Gasteiger partial charge in [-0.05, 0) is 61.9 Å². The van der Waals surface area contributed by atoms with Gasteiger partial charge in [0.1, 0.15) is 0 Å². The summed E-state index contributed by atoms with van der Waals surface area (Å²) < 4.78 is 0. The van der Waals surface area contributed by atoms with E-state index in [4.69, 9.17) is 11.6 Å². The molecule has 2 amide bonds. The normalized spacial score (nSPS) is 19.8. The van der Waals surface area contributed by atoms with Crippen molar-refractivity contribution in [3.8, 4) is 0 Å². The van der Waals surface area contributed by atoms with Gasteiger partial charge in [0.25, 0.3) is 0 Å². The zero-order valence-corrected chi connectivity index (χ0v) is 16.7. The van der Waals surface area contributed by atoms with E-state index in [1.54, 1.807) is 6.07 Å². The molecule has 5 heteroatoms. The van der Waals surface area contributed by atoms with Crippen LogP contribution in [0.4, 0.5) is 10.5 Å². The van der Waals surface area contributed by atoms with E-state index in [1.165, 1.54) is 11.1 Å². The number of carbonyl (C=O) groups is 1. The van der Waals surface area contributed by atoms with Crippen molar-refractivity contribution in [1.82, 2.24) is 4.90 Å². The monoisotopic (exact) mass is 386 g/mol. The molecule has 2 N–H and O–H groups in total. The maximum atomic E-state index is 12.8. The van der Waals surface area contributed by atoms with Crippen LogP contribution in [0.5, 0.6) is 0 Å². The summed E-state index contributed by atoms with van der Waals surface area (Å²) in [7, 11) is 0. The quantitative estimate of drug-likeness (QED) is 0.792. The third kappa shape index (κ3) is 4.63. The van der Waals surface area contributed by atoms with E-state index >= 15 is 0 Å². The minimum atomic E-state index is -0.299. The molecule has 1 atom stereocenters. The zero-order valence-electron chi connectivity index (χ0n) is 16.0. The van der Waals surface area contributed by atoms with Crippen molar-refractivity contribution in [1.29, 1.82) is 0 Å². The zero-order chi connectivity index (χ0) is 19.4. The Balaban J connectivity index is 1.72. The van der Waals surface area contributed by atoms with E-state index in [1.807, 2.05) is 36.1 Å². The molecule has 0 aromatic heterocycles. The van der Waals surface area contributed by atoms with Crippen LogP contribution in [0.25, 0.3) is 0 Å². The molecule has 1 heterocycles. The summed E-state index contributed by atoms with van der Waals surface area (Å²) >= 11 is 6.16. The first kappa shape index (κ1) is 19.7. The number of halogens is 1. The van der Waals surface area contributed by atoms with E-state index in [9.17, 15) is 9.90 Å². The lowest BCUT2D eigenvalue weighted by atomic mass is 9.75. The molecule has 4 nitrogen and oxygen atoms in total. The number of carbonyl (C=O) groups excluding carboxylic acids is 1. The number of hydrogen-bond donors (Lipinski definition) is 2. The van der Waals surface area contributed by atoms with Crippen molar-refractivity contribution in [2.45, 2.75) is 33.1 Å². The van der Waals surface area contributed by atoms with Gasteiger partial charge in [-0.1, -0.05) is 41.9 Å². The number of benzene rings is 2. The van der Waals surface area contributed by atoms with Crippen LogP contribution in [0, 0.1) is 19.3 Å². The number of aryl methyl sites for hydroxylation is 2. The molecular formula is C22H27ClN2O2. The molecular weight excluding hydrogens is 360 g/mol. The van der Waals surface area contributed by atoms with Crippen LogP contribution in [-0.4, -0.2) is 35.7 Å². The Morgan fingerprint density at radius 1 is 1.22 bits per heavy atom. The van der Waals surface area contributed by atoms with Gasteiger partial charge in [0.15, 0.2) is 0 Å². The number of rotatable bonds is 4. The second-order valence-corrected chi connectivity index (χ2v) is 8.09. The van der Waals surface area contributed by atoms with Gasteiger partial charge < -0.3 is 15.3 Å². The number of aliphatic hydroxyl groups excluding tert-OH is 1. The highest BCUT2D eigenvalue weighted by atomic mass is 35.5. The summed E-state index contributed by atoms with van der Waals surface area (Å²) in [5.74, 6) is 0. The van der Waals surface area contributed by atoms with Gasteiger partial charge in [-0.3, -0.25) is 0 Å². The number of aliphatic hydroxyl groups is 1. The van der Waals surface area contributed by atoms with Gasteiger partial charge in [-0.2, -0.15) is 0 Å². The minimum Gasteiger partial charge on any atom is -0.396 e. The number of urea groups is 1. The Labute approximate surface area is 166 Å². The molecule has 1 fully saturated rings. The second-order valence-electron chi connectivity index (χ2n) is 7.68. The van der Waals surface area contributed by atoms with E-state index in [-0.39, 0.29) is 18.1 Å². The Morgan fingerprint density at radius 2 is 2.00 bits per heavy atom. The standard InChI is InChI=1S/C22H27ClN2O2/c1-16-6-3-4-7-18(16)13-22(15-26)10-5-11-25(14-22)21(27)24-19-9-8-17(2)20(23)12-19/h3-4,6-9,12,26H,5,10-11,13-15H2,1-2H3,(H,24,27). The van der Waals surface area contributed by atoms with Crippen molar-refractivity contribution in [2.24, 2.45) is 5.41 Å². The highest BCUT2D eigenvalue weighted by Crippen LogP contribution is 2.34. The van der Waals surface area contributed by atoms with Gasteiger partial charge >= 0.3 is 6.03 Å². The minimum absolute atomic E-state index is 0.0709. The predicted octanol–water partition coefficient (Wildman–Crippen LogP) is 4.81. The molecule has 1 unspecified atom stereocenters. The number of nitrogens with zero attached hydrogens (tertiary/aromatic N) is 1. The topological polar surface area (TPSA) is 52.6 Å². The number of hydrogen-bond acceptors (Lipinski definition) is 2. The third-order valence-electron chi connectivity index (χ3n) is 5.53. The lowest BCUT2D eigenvalue weighted by molar-refractivity contribution is 0.0499. The van der Waals surface area contributed by atoms with Crippen LogP contribution >= 0.6 is 11.6 Å². The van der Waals surface area contributed by atoms with Crippen molar-refractivity contribution < 1.29 is 9.90 Å². The SMILES string of the molecule is Cc1ccc(NC(=O)N2CCCC(CO)(Cc3ccccc3C)C2)cc1Cl. The van der Waals surface area contributed by atoms with Crippen molar-refractivity contribution >= 4 is 23.3 Å². The number of amides is 2. The Morgan fingerprint density at radius 3 is 2.70 bits per heavy atom. The first-order chi connectivity index (χ1) is 12.9. The van der Waals surface area contributed by atoms with E-state index < -0.39 is 0 Å². The summed E-state index contributed by atoms with van der Waals surface area (Å²) in [5, 5.41) is 13.7. The first-order valence-corrected chi connectivity index (χ1v) is 9.78. The van der Waals surface area contributed by atoms with Gasteiger partial charge in [-0.25, -0.2) is 4.79 Å². The maximum Gasteiger partial charge on any atom is 0.321 e.